The van der Waals surface area contributed by atoms with E-state index in [1.807, 2.05) is 16.9 Å². The maximum absolute atomic E-state index is 6.09. The number of ether oxygens (including phenoxy) is 1. The van der Waals surface area contributed by atoms with Crippen LogP contribution in [0.3, 0.4) is 0 Å². The maximum atomic E-state index is 6.09. The molecule has 2 bridgehead atoms. The van der Waals surface area contributed by atoms with Gasteiger partial charge in [-0.3, -0.25) is 0 Å². The summed E-state index contributed by atoms with van der Waals surface area (Å²) in [6.45, 7) is 0.635. The lowest BCUT2D eigenvalue weighted by Gasteiger charge is -2.30. The molecule has 148 valence electrons. The molecule has 2 saturated heterocycles. The highest BCUT2D eigenvalue weighted by molar-refractivity contribution is 5.75. The molecule has 2 N–H and O–H groups in total. The van der Waals surface area contributed by atoms with Crippen molar-refractivity contribution in [2.45, 2.75) is 50.2 Å². The molecule has 6 nitrogen and oxygen atoms in total. The summed E-state index contributed by atoms with van der Waals surface area (Å²) in [5.74, 6) is 1.89. The van der Waals surface area contributed by atoms with E-state index in [2.05, 4.69) is 46.1 Å². The summed E-state index contributed by atoms with van der Waals surface area (Å²) >= 11 is 0. The van der Waals surface area contributed by atoms with E-state index in [9.17, 15) is 0 Å². The predicted octanol–water partition coefficient (Wildman–Crippen LogP) is 3.56. The van der Waals surface area contributed by atoms with Crippen LogP contribution < -0.4 is 15.4 Å². The molecule has 3 aromatic rings. The quantitative estimate of drug-likeness (QED) is 0.719. The summed E-state index contributed by atoms with van der Waals surface area (Å²) < 4.78 is 7.94. The van der Waals surface area contributed by atoms with Gasteiger partial charge in [0.2, 0.25) is 0 Å². The number of benzene rings is 1. The number of pyridine rings is 1. The van der Waals surface area contributed by atoms with Crippen molar-refractivity contribution in [3.63, 3.8) is 0 Å². The van der Waals surface area contributed by atoms with Crippen LogP contribution in [0.4, 0.5) is 5.82 Å². The fourth-order valence-electron chi connectivity index (χ4n) is 5.08. The van der Waals surface area contributed by atoms with E-state index >= 15 is 0 Å². The zero-order valence-electron chi connectivity index (χ0n) is 16.3. The van der Waals surface area contributed by atoms with Gasteiger partial charge in [0.05, 0.1) is 18.0 Å². The highest BCUT2D eigenvalue weighted by Crippen LogP contribution is 2.37. The van der Waals surface area contributed by atoms with Crippen molar-refractivity contribution in [3.8, 4) is 22.6 Å². The fourth-order valence-corrected chi connectivity index (χ4v) is 5.08. The van der Waals surface area contributed by atoms with Gasteiger partial charge >= 0.3 is 0 Å². The highest BCUT2D eigenvalue weighted by Gasteiger charge is 2.33. The molecule has 6 heteroatoms. The first kappa shape index (κ1) is 17.0. The summed E-state index contributed by atoms with van der Waals surface area (Å²) in [5.41, 5.74) is 4.38. The molecule has 0 aliphatic carbocycles. The zero-order chi connectivity index (χ0) is 19.2. The Hall–Kier alpha value is -2.86. The van der Waals surface area contributed by atoms with Crippen molar-refractivity contribution in [2.75, 3.05) is 11.9 Å². The molecule has 0 saturated carbocycles. The molecule has 0 amide bonds. The molecule has 0 spiro atoms. The van der Waals surface area contributed by atoms with E-state index in [4.69, 9.17) is 9.72 Å². The van der Waals surface area contributed by atoms with Gasteiger partial charge in [-0.1, -0.05) is 0 Å². The first-order chi connectivity index (χ1) is 14.3. The molecule has 3 aliphatic rings. The van der Waals surface area contributed by atoms with Gasteiger partial charge in [-0.05, 0) is 56.0 Å². The SMILES string of the molecule is c1cnn(-c2ccc3c(c2)OCCc2nc(NC4C[C@H]5CC[C@@H](C4)N5)ccc2-3)c1. The molecule has 29 heavy (non-hydrogen) atoms. The number of hydrogen-bond donors (Lipinski definition) is 2. The molecule has 2 fully saturated rings. The van der Waals surface area contributed by atoms with Crippen LogP contribution in [-0.2, 0) is 6.42 Å². The normalized spacial score (nSPS) is 24.9. The molecule has 6 rings (SSSR count). The predicted molar refractivity (Wildman–Crippen MR) is 113 cm³/mol. The molecule has 0 radical (unpaired) electrons. The molecule has 2 aromatic heterocycles. The summed E-state index contributed by atoms with van der Waals surface area (Å²) in [6, 6.07) is 14.4. The van der Waals surface area contributed by atoms with Crippen LogP contribution >= 0.6 is 0 Å². The topological polar surface area (TPSA) is 64.0 Å². The van der Waals surface area contributed by atoms with Gasteiger partial charge in [-0.2, -0.15) is 5.10 Å². The summed E-state index contributed by atoms with van der Waals surface area (Å²) in [5, 5.41) is 11.7. The standard InChI is InChI=1S/C23H25N5O/c1-9-24-28(10-1)18-4-5-20-19-6-7-23(27-21(19)8-11-29-22(20)14-18)26-17-12-15-2-3-16(13-17)25-15/h1,4-7,9-10,14-17,25H,2-3,8,11-13H2,(H,26,27)/t15-,16+,17?. The van der Waals surface area contributed by atoms with E-state index in [1.165, 1.54) is 31.2 Å². The van der Waals surface area contributed by atoms with Gasteiger partial charge in [0.1, 0.15) is 11.6 Å². The van der Waals surface area contributed by atoms with Crippen molar-refractivity contribution < 1.29 is 4.74 Å². The van der Waals surface area contributed by atoms with Crippen LogP contribution in [0.15, 0.2) is 48.8 Å². The largest absolute Gasteiger partial charge is 0.492 e. The van der Waals surface area contributed by atoms with Crippen molar-refractivity contribution in [1.82, 2.24) is 20.1 Å². The number of aromatic nitrogens is 3. The summed E-state index contributed by atoms with van der Waals surface area (Å²) in [4.78, 5) is 4.98. The lowest BCUT2D eigenvalue weighted by Crippen LogP contribution is -2.43. The summed E-state index contributed by atoms with van der Waals surface area (Å²) in [7, 11) is 0. The highest BCUT2D eigenvalue weighted by atomic mass is 16.5. The third-order valence-corrected chi connectivity index (χ3v) is 6.42. The maximum Gasteiger partial charge on any atom is 0.129 e. The Morgan fingerprint density at radius 2 is 1.93 bits per heavy atom. The van der Waals surface area contributed by atoms with Crippen LogP contribution in [0, 0.1) is 0 Å². The van der Waals surface area contributed by atoms with Crippen LogP contribution in [0.2, 0.25) is 0 Å². The Kier molecular flexibility index (Phi) is 4.04. The minimum atomic E-state index is 0.519. The Bertz CT molecular complexity index is 1020. The lowest BCUT2D eigenvalue weighted by molar-refractivity contribution is 0.325. The van der Waals surface area contributed by atoms with Gasteiger partial charge in [0, 0.05) is 54.1 Å². The Balaban J connectivity index is 1.28. The van der Waals surface area contributed by atoms with Crippen LogP contribution in [-0.4, -0.2) is 39.5 Å². The van der Waals surface area contributed by atoms with E-state index < -0.39 is 0 Å². The zero-order valence-corrected chi connectivity index (χ0v) is 16.3. The molecule has 3 atom stereocenters. The van der Waals surface area contributed by atoms with Crippen molar-refractivity contribution >= 4 is 5.82 Å². The van der Waals surface area contributed by atoms with Gasteiger partial charge in [0.25, 0.3) is 0 Å². The minimum Gasteiger partial charge on any atom is -0.492 e. The van der Waals surface area contributed by atoms with Gasteiger partial charge in [-0.15, -0.1) is 0 Å². The van der Waals surface area contributed by atoms with Gasteiger partial charge < -0.3 is 15.4 Å². The number of rotatable bonds is 3. The first-order valence-corrected chi connectivity index (χ1v) is 10.6. The summed E-state index contributed by atoms with van der Waals surface area (Å²) in [6.07, 6.45) is 9.56. The monoisotopic (exact) mass is 387 g/mol. The fraction of sp³-hybridized carbons (Fsp3) is 0.391. The van der Waals surface area contributed by atoms with Crippen LogP contribution in [0.5, 0.6) is 5.75 Å². The Morgan fingerprint density at radius 3 is 2.76 bits per heavy atom. The third kappa shape index (κ3) is 3.17. The average molecular weight is 387 g/mol. The molecule has 1 unspecified atom stereocenters. The lowest BCUT2D eigenvalue weighted by atomic mass is 9.99. The number of anilines is 1. The number of fused-ring (bicyclic) bond motifs is 5. The second-order valence-corrected chi connectivity index (χ2v) is 8.37. The molecule has 5 heterocycles. The van der Waals surface area contributed by atoms with Gasteiger partial charge in [-0.25, -0.2) is 9.67 Å². The van der Waals surface area contributed by atoms with E-state index in [-0.39, 0.29) is 0 Å². The number of nitrogens with one attached hydrogen (secondary N) is 2. The Morgan fingerprint density at radius 1 is 1.07 bits per heavy atom. The number of nitrogens with zero attached hydrogens (tertiary/aromatic N) is 3. The first-order valence-electron chi connectivity index (χ1n) is 10.6. The Labute approximate surface area is 170 Å². The van der Waals surface area contributed by atoms with Crippen LogP contribution in [0.1, 0.15) is 31.4 Å². The molecular weight excluding hydrogens is 362 g/mol. The average Bonchev–Trinajstić information content (AvgIpc) is 3.34. The second kappa shape index (κ2) is 6.88. The van der Waals surface area contributed by atoms with Crippen LogP contribution in [0.25, 0.3) is 16.8 Å². The van der Waals surface area contributed by atoms with Crippen molar-refractivity contribution in [1.29, 1.82) is 0 Å². The van der Waals surface area contributed by atoms with E-state index in [1.54, 1.807) is 6.20 Å². The third-order valence-electron chi connectivity index (χ3n) is 6.42. The van der Waals surface area contributed by atoms with Crippen molar-refractivity contribution in [3.05, 3.63) is 54.5 Å². The van der Waals surface area contributed by atoms with Gasteiger partial charge in [0.15, 0.2) is 0 Å². The van der Waals surface area contributed by atoms with E-state index in [0.29, 0.717) is 24.7 Å². The number of hydrogen-bond acceptors (Lipinski definition) is 5. The van der Waals surface area contributed by atoms with Crippen molar-refractivity contribution in [2.24, 2.45) is 0 Å². The minimum absolute atomic E-state index is 0.519. The number of piperidine rings is 1. The molecular formula is C23H25N5O. The van der Waals surface area contributed by atoms with E-state index in [0.717, 1.165) is 34.9 Å². The molecule has 3 aliphatic heterocycles. The molecule has 1 aromatic carbocycles. The smallest absolute Gasteiger partial charge is 0.129 e. The second-order valence-electron chi connectivity index (χ2n) is 8.37.